The van der Waals surface area contributed by atoms with E-state index in [2.05, 4.69) is 39.2 Å². The van der Waals surface area contributed by atoms with Gasteiger partial charge in [-0.25, -0.2) is 9.80 Å². The van der Waals surface area contributed by atoms with E-state index in [1.165, 1.54) is 0 Å². The van der Waals surface area contributed by atoms with E-state index in [9.17, 15) is 9.59 Å². The number of hydrazine groups is 1. The van der Waals surface area contributed by atoms with E-state index in [1.54, 1.807) is 5.01 Å². The van der Waals surface area contributed by atoms with Crippen molar-refractivity contribution in [2.45, 2.75) is 39.3 Å². The fourth-order valence-corrected chi connectivity index (χ4v) is 3.59. The number of carbonyl (C=O) groups excluding carboxylic acids is 2. The molecule has 8 heteroatoms. The van der Waals surface area contributed by atoms with Crippen molar-refractivity contribution in [2.24, 2.45) is 0 Å². The van der Waals surface area contributed by atoms with Crippen LogP contribution in [0.1, 0.15) is 36.6 Å². The Kier molecular flexibility index (Phi) is 5.94. The second-order valence-corrected chi connectivity index (χ2v) is 7.51. The van der Waals surface area contributed by atoms with Crippen molar-refractivity contribution >= 4 is 28.5 Å². The molecule has 0 fully saturated rings. The number of aromatic nitrogens is 2. The highest BCUT2D eigenvalue weighted by molar-refractivity contribution is 5.93. The molecule has 1 aliphatic rings. The normalized spacial score (nSPS) is 13.2. The zero-order chi connectivity index (χ0) is 20.9. The molecule has 0 atom stereocenters. The third-order valence-corrected chi connectivity index (χ3v) is 5.16. The number of amides is 3. The Bertz CT molecular complexity index is 1060. The summed E-state index contributed by atoms with van der Waals surface area (Å²) in [6.45, 7) is 3.73. The standard InChI is InChI=1S/C22H26N6O2/c1-2-3-10-23-22(30)27-28-13-18-19(14-28)25-26-21(18)24-20(29)12-15-8-9-16-6-4-5-7-17(16)11-15/h4-9,11H,2-3,10,12-14H2,1H3,(H2,23,27,30)(H2,24,25,26,29). The van der Waals surface area contributed by atoms with Crippen LogP contribution in [0.4, 0.5) is 10.6 Å². The first-order chi connectivity index (χ1) is 14.6. The predicted molar refractivity (Wildman–Crippen MR) is 116 cm³/mol. The summed E-state index contributed by atoms with van der Waals surface area (Å²) >= 11 is 0. The van der Waals surface area contributed by atoms with Crippen molar-refractivity contribution in [3.05, 3.63) is 59.3 Å². The zero-order valence-electron chi connectivity index (χ0n) is 17.0. The van der Waals surface area contributed by atoms with E-state index in [1.807, 2.05) is 36.4 Å². The van der Waals surface area contributed by atoms with E-state index < -0.39 is 0 Å². The quantitative estimate of drug-likeness (QED) is 0.453. The molecule has 1 aromatic heterocycles. The first kappa shape index (κ1) is 19.9. The molecule has 156 valence electrons. The number of H-pyrrole nitrogens is 1. The van der Waals surface area contributed by atoms with Gasteiger partial charge < -0.3 is 10.6 Å². The molecule has 0 saturated carbocycles. The van der Waals surface area contributed by atoms with Crippen molar-refractivity contribution in [1.82, 2.24) is 25.9 Å². The fraction of sp³-hybridized carbons (Fsp3) is 0.318. The van der Waals surface area contributed by atoms with E-state index in [-0.39, 0.29) is 18.4 Å². The van der Waals surface area contributed by atoms with E-state index in [0.29, 0.717) is 25.5 Å². The molecular formula is C22H26N6O2. The van der Waals surface area contributed by atoms with Gasteiger partial charge in [0.05, 0.1) is 18.7 Å². The Hall–Kier alpha value is -3.39. The van der Waals surface area contributed by atoms with Crippen LogP contribution in [0.25, 0.3) is 10.8 Å². The number of anilines is 1. The average molecular weight is 406 g/mol. The molecule has 0 spiro atoms. The largest absolute Gasteiger partial charge is 0.337 e. The van der Waals surface area contributed by atoms with Gasteiger partial charge in [0.1, 0.15) is 0 Å². The maximum Gasteiger partial charge on any atom is 0.329 e. The van der Waals surface area contributed by atoms with E-state index >= 15 is 0 Å². The number of urea groups is 1. The molecule has 4 N–H and O–H groups in total. The molecule has 1 aliphatic heterocycles. The SMILES string of the molecule is CCCCNC(=O)NN1Cc2[nH]nc(NC(=O)Cc3ccc4ccccc4c3)c2C1. The average Bonchev–Trinajstić information content (AvgIpc) is 3.29. The van der Waals surface area contributed by atoms with Crippen LogP contribution < -0.4 is 16.1 Å². The van der Waals surface area contributed by atoms with Crippen LogP contribution in [0.2, 0.25) is 0 Å². The summed E-state index contributed by atoms with van der Waals surface area (Å²) in [4.78, 5) is 24.5. The molecule has 2 heterocycles. The molecule has 3 aromatic rings. The lowest BCUT2D eigenvalue weighted by molar-refractivity contribution is -0.115. The fourth-order valence-electron chi connectivity index (χ4n) is 3.59. The second kappa shape index (κ2) is 8.96. The first-order valence-electron chi connectivity index (χ1n) is 10.3. The Labute approximate surface area is 175 Å². The molecule has 2 aromatic carbocycles. The lowest BCUT2D eigenvalue weighted by Crippen LogP contribution is -2.45. The van der Waals surface area contributed by atoms with Crippen LogP contribution in [-0.2, 0) is 24.3 Å². The number of aromatic amines is 1. The number of hydrogen-bond acceptors (Lipinski definition) is 4. The van der Waals surface area contributed by atoms with Gasteiger partial charge in [-0.3, -0.25) is 15.3 Å². The van der Waals surface area contributed by atoms with E-state index in [0.717, 1.165) is 40.4 Å². The van der Waals surface area contributed by atoms with Gasteiger partial charge in [-0.2, -0.15) is 5.10 Å². The van der Waals surface area contributed by atoms with Crippen molar-refractivity contribution in [2.75, 3.05) is 11.9 Å². The topological polar surface area (TPSA) is 102 Å². The summed E-state index contributed by atoms with van der Waals surface area (Å²) in [5, 5.41) is 17.0. The van der Waals surface area contributed by atoms with Crippen LogP contribution in [0.5, 0.6) is 0 Å². The maximum absolute atomic E-state index is 12.6. The Morgan fingerprint density at radius 3 is 2.80 bits per heavy atom. The summed E-state index contributed by atoms with van der Waals surface area (Å²) in [6.07, 6.45) is 2.25. The third-order valence-electron chi connectivity index (χ3n) is 5.16. The molecule has 0 bridgehead atoms. The Balaban J connectivity index is 1.33. The molecule has 0 unspecified atom stereocenters. The van der Waals surface area contributed by atoms with Crippen molar-refractivity contribution in [3.63, 3.8) is 0 Å². The number of nitrogens with zero attached hydrogens (tertiary/aromatic N) is 2. The van der Waals surface area contributed by atoms with E-state index in [4.69, 9.17) is 0 Å². The molecule has 8 nitrogen and oxygen atoms in total. The zero-order valence-corrected chi connectivity index (χ0v) is 17.0. The highest BCUT2D eigenvalue weighted by atomic mass is 16.2. The van der Waals surface area contributed by atoms with Crippen molar-refractivity contribution < 1.29 is 9.59 Å². The molecule has 0 saturated heterocycles. The van der Waals surface area contributed by atoms with Crippen LogP contribution in [0, 0.1) is 0 Å². The van der Waals surface area contributed by atoms with Gasteiger partial charge in [-0.1, -0.05) is 55.8 Å². The molecule has 0 radical (unpaired) electrons. The molecular weight excluding hydrogens is 380 g/mol. The molecule has 4 rings (SSSR count). The van der Waals surface area contributed by atoms with Crippen molar-refractivity contribution in [3.8, 4) is 0 Å². The predicted octanol–water partition coefficient (Wildman–Crippen LogP) is 3.07. The minimum Gasteiger partial charge on any atom is -0.337 e. The minimum atomic E-state index is -0.219. The second-order valence-electron chi connectivity index (χ2n) is 7.51. The van der Waals surface area contributed by atoms with Crippen molar-refractivity contribution in [1.29, 1.82) is 0 Å². The summed E-state index contributed by atoms with van der Waals surface area (Å²) in [5.74, 6) is 0.398. The van der Waals surface area contributed by atoms with Crippen LogP contribution >= 0.6 is 0 Å². The van der Waals surface area contributed by atoms with Gasteiger partial charge in [0, 0.05) is 18.7 Å². The molecule has 3 amide bonds. The summed E-state index contributed by atoms with van der Waals surface area (Å²) in [7, 11) is 0. The smallest absolute Gasteiger partial charge is 0.329 e. The number of unbranched alkanes of at least 4 members (excludes halogenated alkanes) is 1. The number of benzene rings is 2. The monoisotopic (exact) mass is 406 g/mol. The number of carbonyl (C=O) groups is 2. The number of fused-ring (bicyclic) bond motifs is 2. The van der Waals surface area contributed by atoms with Gasteiger partial charge >= 0.3 is 6.03 Å². The number of nitrogens with one attached hydrogen (secondary N) is 4. The third kappa shape index (κ3) is 4.60. The lowest BCUT2D eigenvalue weighted by Gasteiger charge is -2.17. The van der Waals surface area contributed by atoms with Crippen LogP contribution in [0.15, 0.2) is 42.5 Å². The van der Waals surface area contributed by atoms with Gasteiger partial charge in [0.25, 0.3) is 0 Å². The lowest BCUT2D eigenvalue weighted by atomic mass is 10.0. The van der Waals surface area contributed by atoms with Crippen LogP contribution in [0.3, 0.4) is 0 Å². The summed E-state index contributed by atoms with van der Waals surface area (Å²) in [5.41, 5.74) is 5.57. The number of rotatable bonds is 7. The van der Waals surface area contributed by atoms with Gasteiger partial charge in [0.2, 0.25) is 5.91 Å². The Morgan fingerprint density at radius 2 is 1.97 bits per heavy atom. The summed E-state index contributed by atoms with van der Waals surface area (Å²) in [6, 6.07) is 13.9. The Morgan fingerprint density at radius 1 is 1.13 bits per heavy atom. The van der Waals surface area contributed by atoms with Gasteiger partial charge in [0.15, 0.2) is 5.82 Å². The molecule has 0 aliphatic carbocycles. The van der Waals surface area contributed by atoms with Gasteiger partial charge in [-0.05, 0) is 22.8 Å². The maximum atomic E-state index is 12.6. The first-order valence-corrected chi connectivity index (χ1v) is 10.3. The highest BCUT2D eigenvalue weighted by Gasteiger charge is 2.26. The molecule has 30 heavy (non-hydrogen) atoms. The van der Waals surface area contributed by atoms with Gasteiger partial charge in [-0.15, -0.1) is 0 Å². The number of hydrogen-bond donors (Lipinski definition) is 4. The highest BCUT2D eigenvalue weighted by Crippen LogP contribution is 2.26. The van der Waals surface area contributed by atoms with Crippen LogP contribution in [-0.4, -0.2) is 33.7 Å². The minimum absolute atomic E-state index is 0.122. The summed E-state index contributed by atoms with van der Waals surface area (Å²) < 4.78 is 0.